The minimum atomic E-state index is -3.97. The molecule has 0 aliphatic carbocycles. The minimum Gasteiger partial charge on any atom is -0.497 e. The molecular formula is C24H30FN3O4S. The van der Waals surface area contributed by atoms with E-state index in [-0.39, 0.29) is 11.5 Å². The van der Waals surface area contributed by atoms with Gasteiger partial charge in [-0.1, -0.05) is 6.42 Å². The standard InChI is InChI=1S/C24H30FN3O4S/c1-32-21-9-7-20(8-10-21)26-12-5-13-27(17-16-26)24(29)19-6-11-22(25)23(18-19)33(30,31)28-14-3-2-4-15-28/h6-11,18H,2-5,12-17H2,1H3. The van der Waals surface area contributed by atoms with Crippen molar-refractivity contribution >= 4 is 21.6 Å². The highest BCUT2D eigenvalue weighted by atomic mass is 32.2. The molecule has 0 atom stereocenters. The van der Waals surface area contributed by atoms with Crippen LogP contribution in [0.5, 0.6) is 5.75 Å². The van der Waals surface area contributed by atoms with Crippen molar-refractivity contribution in [3.63, 3.8) is 0 Å². The Morgan fingerprint density at radius 2 is 1.61 bits per heavy atom. The normalized spacial score (nSPS) is 18.1. The number of methoxy groups -OCH3 is 1. The summed E-state index contributed by atoms with van der Waals surface area (Å²) >= 11 is 0. The van der Waals surface area contributed by atoms with Gasteiger partial charge in [0.05, 0.1) is 7.11 Å². The Hall–Kier alpha value is -2.65. The number of anilines is 1. The number of halogens is 1. The quantitative estimate of drug-likeness (QED) is 0.663. The first-order chi connectivity index (χ1) is 15.9. The van der Waals surface area contributed by atoms with Gasteiger partial charge in [0, 0.05) is 50.5 Å². The summed E-state index contributed by atoms with van der Waals surface area (Å²) in [6.07, 6.45) is 3.27. The van der Waals surface area contributed by atoms with E-state index in [4.69, 9.17) is 4.74 Å². The van der Waals surface area contributed by atoms with E-state index in [0.717, 1.165) is 49.7 Å². The van der Waals surface area contributed by atoms with Gasteiger partial charge < -0.3 is 14.5 Å². The molecule has 178 valence electrons. The summed E-state index contributed by atoms with van der Waals surface area (Å²) in [4.78, 5) is 16.7. The fourth-order valence-corrected chi connectivity index (χ4v) is 6.04. The highest BCUT2D eigenvalue weighted by Crippen LogP contribution is 2.25. The molecule has 2 heterocycles. The number of hydrogen-bond acceptors (Lipinski definition) is 5. The molecule has 2 saturated heterocycles. The van der Waals surface area contributed by atoms with Crippen molar-refractivity contribution in [2.75, 3.05) is 51.3 Å². The number of piperidine rings is 1. The van der Waals surface area contributed by atoms with E-state index >= 15 is 0 Å². The zero-order valence-electron chi connectivity index (χ0n) is 18.9. The number of sulfonamides is 1. The van der Waals surface area contributed by atoms with Crippen molar-refractivity contribution in [3.8, 4) is 5.75 Å². The third-order valence-corrected chi connectivity index (χ3v) is 8.25. The number of rotatable bonds is 5. The third kappa shape index (κ3) is 5.14. The second-order valence-corrected chi connectivity index (χ2v) is 10.3. The topological polar surface area (TPSA) is 70.2 Å². The number of amides is 1. The van der Waals surface area contributed by atoms with Crippen molar-refractivity contribution in [1.82, 2.24) is 9.21 Å². The van der Waals surface area contributed by atoms with Gasteiger partial charge in [-0.15, -0.1) is 0 Å². The highest BCUT2D eigenvalue weighted by Gasteiger charge is 2.30. The van der Waals surface area contributed by atoms with Crippen LogP contribution in [0.1, 0.15) is 36.0 Å². The monoisotopic (exact) mass is 475 g/mol. The van der Waals surface area contributed by atoms with Crippen molar-refractivity contribution in [2.24, 2.45) is 0 Å². The Labute approximate surface area is 194 Å². The van der Waals surface area contributed by atoms with E-state index in [2.05, 4.69) is 4.90 Å². The van der Waals surface area contributed by atoms with E-state index < -0.39 is 20.7 Å². The second kappa shape index (κ2) is 10.1. The molecule has 0 bridgehead atoms. The van der Waals surface area contributed by atoms with Crippen molar-refractivity contribution in [2.45, 2.75) is 30.6 Å². The first-order valence-corrected chi connectivity index (χ1v) is 12.8. The zero-order valence-corrected chi connectivity index (χ0v) is 19.7. The maximum atomic E-state index is 14.5. The molecule has 7 nitrogen and oxygen atoms in total. The smallest absolute Gasteiger partial charge is 0.253 e. The number of carbonyl (C=O) groups is 1. The summed E-state index contributed by atoms with van der Waals surface area (Å²) in [5.74, 6) is -0.308. The summed E-state index contributed by atoms with van der Waals surface area (Å²) in [7, 11) is -2.34. The number of nitrogens with zero attached hydrogens (tertiary/aromatic N) is 3. The third-order valence-electron chi connectivity index (χ3n) is 6.33. The zero-order chi connectivity index (χ0) is 23.4. The highest BCUT2D eigenvalue weighted by molar-refractivity contribution is 7.89. The van der Waals surface area contributed by atoms with Gasteiger partial charge in [0.2, 0.25) is 10.0 Å². The molecule has 2 fully saturated rings. The Balaban J connectivity index is 1.49. The van der Waals surface area contributed by atoms with Crippen LogP contribution in [0.2, 0.25) is 0 Å². The molecule has 2 aliphatic heterocycles. The summed E-state index contributed by atoms with van der Waals surface area (Å²) in [5, 5.41) is 0. The molecule has 0 aromatic heterocycles. The van der Waals surface area contributed by atoms with E-state index in [0.29, 0.717) is 32.7 Å². The van der Waals surface area contributed by atoms with Gasteiger partial charge in [0.1, 0.15) is 16.5 Å². The SMILES string of the molecule is COc1ccc(N2CCCN(C(=O)c3ccc(F)c(S(=O)(=O)N4CCCCC4)c3)CC2)cc1. The van der Waals surface area contributed by atoms with Crippen LogP contribution in [0, 0.1) is 5.82 Å². The molecule has 2 aromatic rings. The lowest BCUT2D eigenvalue weighted by atomic mass is 10.2. The van der Waals surface area contributed by atoms with Crippen LogP contribution in [-0.2, 0) is 10.0 Å². The molecule has 0 radical (unpaired) electrons. The fraction of sp³-hybridized carbons (Fsp3) is 0.458. The molecular weight excluding hydrogens is 445 g/mol. The summed E-state index contributed by atoms with van der Waals surface area (Å²) in [5.41, 5.74) is 1.26. The van der Waals surface area contributed by atoms with Crippen molar-refractivity contribution in [1.29, 1.82) is 0 Å². The van der Waals surface area contributed by atoms with Gasteiger partial charge in [-0.3, -0.25) is 4.79 Å². The van der Waals surface area contributed by atoms with Gasteiger partial charge >= 0.3 is 0 Å². The molecule has 0 saturated carbocycles. The molecule has 0 N–H and O–H groups in total. The molecule has 9 heteroatoms. The van der Waals surface area contributed by atoms with Crippen molar-refractivity contribution in [3.05, 3.63) is 53.8 Å². The van der Waals surface area contributed by atoms with E-state index in [1.54, 1.807) is 12.0 Å². The largest absolute Gasteiger partial charge is 0.497 e. The molecule has 0 unspecified atom stereocenters. The second-order valence-electron chi connectivity index (χ2n) is 8.44. The Morgan fingerprint density at radius 1 is 0.879 bits per heavy atom. The predicted octanol–water partition coefficient (Wildman–Crippen LogP) is 3.36. The molecule has 0 spiro atoms. The number of benzene rings is 2. The van der Waals surface area contributed by atoms with Gasteiger partial charge in [0.15, 0.2) is 0 Å². The lowest BCUT2D eigenvalue weighted by Crippen LogP contribution is -2.37. The first-order valence-electron chi connectivity index (χ1n) is 11.4. The Kier molecular flexibility index (Phi) is 7.19. The predicted molar refractivity (Wildman–Crippen MR) is 125 cm³/mol. The fourth-order valence-electron chi connectivity index (χ4n) is 4.43. The Morgan fingerprint density at radius 3 is 2.30 bits per heavy atom. The van der Waals surface area contributed by atoms with Crippen LogP contribution in [0.3, 0.4) is 0 Å². The number of ether oxygens (including phenoxy) is 1. The maximum Gasteiger partial charge on any atom is 0.253 e. The van der Waals surface area contributed by atoms with E-state index in [1.165, 1.54) is 16.4 Å². The van der Waals surface area contributed by atoms with Crippen LogP contribution in [0.15, 0.2) is 47.4 Å². The first kappa shape index (κ1) is 23.5. The average Bonchev–Trinajstić information content (AvgIpc) is 3.11. The lowest BCUT2D eigenvalue weighted by Gasteiger charge is -2.26. The van der Waals surface area contributed by atoms with Gasteiger partial charge in [-0.05, 0) is 61.7 Å². The molecule has 4 rings (SSSR count). The van der Waals surface area contributed by atoms with Crippen LogP contribution >= 0.6 is 0 Å². The molecule has 2 aliphatic rings. The summed E-state index contributed by atoms with van der Waals surface area (Å²) in [6, 6.07) is 11.5. The maximum absolute atomic E-state index is 14.5. The summed E-state index contributed by atoms with van der Waals surface area (Å²) in [6.45, 7) is 3.26. The molecule has 1 amide bonds. The molecule has 33 heavy (non-hydrogen) atoms. The minimum absolute atomic E-state index is 0.199. The lowest BCUT2D eigenvalue weighted by molar-refractivity contribution is 0.0766. The summed E-state index contributed by atoms with van der Waals surface area (Å²) < 4.78 is 47.1. The van der Waals surface area contributed by atoms with Gasteiger partial charge in [-0.25, -0.2) is 12.8 Å². The van der Waals surface area contributed by atoms with Crippen LogP contribution in [-0.4, -0.2) is 69.9 Å². The van der Waals surface area contributed by atoms with Gasteiger partial charge in [-0.2, -0.15) is 4.31 Å². The number of carbonyl (C=O) groups excluding carboxylic acids is 1. The van der Waals surface area contributed by atoms with Crippen LogP contribution in [0.25, 0.3) is 0 Å². The van der Waals surface area contributed by atoms with E-state index in [1.807, 2.05) is 24.3 Å². The van der Waals surface area contributed by atoms with Gasteiger partial charge in [0.25, 0.3) is 5.91 Å². The Bertz CT molecular complexity index is 1090. The molecule has 2 aromatic carbocycles. The van der Waals surface area contributed by atoms with Crippen molar-refractivity contribution < 1.29 is 22.3 Å². The van der Waals surface area contributed by atoms with E-state index in [9.17, 15) is 17.6 Å². The van der Waals surface area contributed by atoms with Crippen LogP contribution < -0.4 is 9.64 Å². The number of hydrogen-bond donors (Lipinski definition) is 0. The average molecular weight is 476 g/mol. The van der Waals surface area contributed by atoms with Crippen LogP contribution in [0.4, 0.5) is 10.1 Å².